The number of ether oxygens (including phenoxy) is 1. The van der Waals surface area contributed by atoms with Gasteiger partial charge in [0.05, 0.1) is 5.02 Å². The summed E-state index contributed by atoms with van der Waals surface area (Å²) in [6.45, 7) is 0.0319. The summed E-state index contributed by atoms with van der Waals surface area (Å²) >= 11 is 8.84. The van der Waals surface area contributed by atoms with Crippen LogP contribution in [0.25, 0.3) is 0 Å². The normalized spacial score (nSPS) is 11.4. The van der Waals surface area contributed by atoms with E-state index >= 15 is 0 Å². The predicted octanol–water partition coefficient (Wildman–Crippen LogP) is 3.47. The standard InChI is InChI=1S/C13H10BrClFNO3S/c14-9-2-4-12(13(6-9)21(17,18)19)20-7-8-1-3-11(16)10(15)5-8/h1-6H,7H2,(H2,17,18,19). The van der Waals surface area contributed by atoms with Crippen molar-refractivity contribution in [3.05, 3.63) is 57.3 Å². The molecule has 0 spiro atoms. The van der Waals surface area contributed by atoms with E-state index < -0.39 is 15.8 Å². The lowest BCUT2D eigenvalue weighted by molar-refractivity contribution is 0.297. The first-order valence-electron chi connectivity index (χ1n) is 5.66. The van der Waals surface area contributed by atoms with Crippen molar-refractivity contribution in [2.24, 2.45) is 5.14 Å². The molecule has 0 saturated heterocycles. The smallest absolute Gasteiger partial charge is 0.241 e. The Morgan fingerprint density at radius 2 is 1.95 bits per heavy atom. The highest BCUT2D eigenvalue weighted by atomic mass is 79.9. The molecule has 2 rings (SSSR count). The third-order valence-electron chi connectivity index (χ3n) is 2.59. The Bertz CT molecular complexity index is 783. The Labute approximate surface area is 134 Å². The second kappa shape index (κ2) is 6.31. The Kier molecular flexibility index (Phi) is 4.88. The van der Waals surface area contributed by atoms with Gasteiger partial charge in [0.2, 0.25) is 10.0 Å². The van der Waals surface area contributed by atoms with E-state index in [-0.39, 0.29) is 22.3 Å². The average molecular weight is 395 g/mol. The number of benzene rings is 2. The molecule has 0 fully saturated rings. The van der Waals surface area contributed by atoms with Crippen LogP contribution in [0.1, 0.15) is 5.56 Å². The molecule has 0 amide bonds. The molecule has 0 aromatic heterocycles. The van der Waals surface area contributed by atoms with Crippen LogP contribution in [0.15, 0.2) is 45.8 Å². The van der Waals surface area contributed by atoms with E-state index in [0.717, 1.165) is 0 Å². The summed E-state index contributed by atoms with van der Waals surface area (Å²) < 4.78 is 42.1. The highest BCUT2D eigenvalue weighted by molar-refractivity contribution is 9.10. The Morgan fingerprint density at radius 3 is 2.57 bits per heavy atom. The van der Waals surface area contributed by atoms with Crippen molar-refractivity contribution in [2.45, 2.75) is 11.5 Å². The van der Waals surface area contributed by atoms with Crippen LogP contribution >= 0.6 is 27.5 Å². The number of hydrogen-bond donors (Lipinski definition) is 1. The van der Waals surface area contributed by atoms with Crippen LogP contribution < -0.4 is 9.88 Å². The number of primary sulfonamides is 1. The molecule has 112 valence electrons. The minimum atomic E-state index is -3.92. The van der Waals surface area contributed by atoms with Crippen LogP contribution in [0.5, 0.6) is 5.75 Å². The number of nitrogens with two attached hydrogens (primary N) is 1. The van der Waals surface area contributed by atoms with Crippen molar-refractivity contribution < 1.29 is 17.5 Å². The van der Waals surface area contributed by atoms with Gasteiger partial charge in [-0.3, -0.25) is 0 Å². The zero-order valence-electron chi connectivity index (χ0n) is 10.5. The van der Waals surface area contributed by atoms with Gasteiger partial charge in [-0.05, 0) is 35.9 Å². The maximum absolute atomic E-state index is 13.1. The first-order chi connectivity index (χ1) is 9.77. The SMILES string of the molecule is NS(=O)(=O)c1cc(Br)ccc1OCc1ccc(F)c(Cl)c1. The van der Waals surface area contributed by atoms with Crippen LogP contribution in [0.3, 0.4) is 0 Å². The van der Waals surface area contributed by atoms with Gasteiger partial charge in [0.15, 0.2) is 0 Å². The van der Waals surface area contributed by atoms with E-state index in [9.17, 15) is 12.8 Å². The molecule has 0 aliphatic heterocycles. The molecule has 21 heavy (non-hydrogen) atoms. The van der Waals surface area contributed by atoms with Gasteiger partial charge in [-0.15, -0.1) is 0 Å². The minimum absolute atomic E-state index is 0.0291. The van der Waals surface area contributed by atoms with Crippen LogP contribution in [-0.4, -0.2) is 8.42 Å². The molecule has 4 nitrogen and oxygen atoms in total. The van der Waals surface area contributed by atoms with Crippen molar-refractivity contribution in [1.29, 1.82) is 0 Å². The van der Waals surface area contributed by atoms with Gasteiger partial charge in [-0.2, -0.15) is 0 Å². The Morgan fingerprint density at radius 1 is 1.24 bits per heavy atom. The second-order valence-electron chi connectivity index (χ2n) is 4.17. The third kappa shape index (κ3) is 4.16. The molecule has 2 N–H and O–H groups in total. The molecule has 2 aromatic carbocycles. The van der Waals surface area contributed by atoms with Crippen LogP contribution in [0.2, 0.25) is 5.02 Å². The Hall–Kier alpha value is -1.15. The molecule has 0 aliphatic rings. The molecular weight excluding hydrogens is 385 g/mol. The summed E-state index contributed by atoms with van der Waals surface area (Å²) in [6.07, 6.45) is 0. The Balaban J connectivity index is 2.26. The van der Waals surface area contributed by atoms with Crippen LogP contribution in [0, 0.1) is 5.82 Å². The summed E-state index contributed by atoms with van der Waals surface area (Å²) in [7, 11) is -3.92. The summed E-state index contributed by atoms with van der Waals surface area (Å²) in [4.78, 5) is -0.134. The van der Waals surface area contributed by atoms with Crippen molar-refractivity contribution in [3.63, 3.8) is 0 Å². The van der Waals surface area contributed by atoms with Crippen molar-refractivity contribution in [3.8, 4) is 5.75 Å². The van der Waals surface area contributed by atoms with Gasteiger partial charge >= 0.3 is 0 Å². The van der Waals surface area contributed by atoms with Crippen molar-refractivity contribution in [2.75, 3.05) is 0 Å². The van der Waals surface area contributed by atoms with E-state index in [1.54, 1.807) is 6.07 Å². The third-order valence-corrected chi connectivity index (χ3v) is 4.31. The van der Waals surface area contributed by atoms with Gasteiger partial charge in [0, 0.05) is 4.47 Å². The first kappa shape index (κ1) is 16.2. The monoisotopic (exact) mass is 393 g/mol. The summed E-state index contributed by atoms with van der Waals surface area (Å²) in [5.41, 5.74) is 0.602. The molecule has 0 heterocycles. The molecule has 0 atom stereocenters. The van der Waals surface area contributed by atoms with Crippen LogP contribution in [0.4, 0.5) is 4.39 Å². The summed E-state index contributed by atoms with van der Waals surface area (Å²) in [5.74, 6) is -0.421. The largest absolute Gasteiger partial charge is 0.487 e. The summed E-state index contributed by atoms with van der Waals surface area (Å²) in [5, 5.41) is 5.11. The van der Waals surface area contributed by atoms with Gasteiger partial charge in [-0.1, -0.05) is 33.6 Å². The van der Waals surface area contributed by atoms with E-state index in [2.05, 4.69) is 15.9 Å². The van der Waals surface area contributed by atoms with Crippen molar-refractivity contribution in [1.82, 2.24) is 0 Å². The van der Waals surface area contributed by atoms with E-state index in [0.29, 0.717) is 10.0 Å². The zero-order valence-corrected chi connectivity index (χ0v) is 13.7. The van der Waals surface area contributed by atoms with Crippen LogP contribution in [-0.2, 0) is 16.6 Å². The van der Waals surface area contributed by atoms with Gasteiger partial charge < -0.3 is 4.74 Å². The first-order valence-corrected chi connectivity index (χ1v) is 8.38. The quantitative estimate of drug-likeness (QED) is 0.863. The maximum Gasteiger partial charge on any atom is 0.241 e. The number of sulfonamides is 1. The highest BCUT2D eigenvalue weighted by Gasteiger charge is 2.16. The van der Waals surface area contributed by atoms with E-state index in [4.69, 9.17) is 21.5 Å². The number of hydrogen-bond acceptors (Lipinski definition) is 3. The molecule has 0 radical (unpaired) electrons. The zero-order chi connectivity index (χ0) is 15.6. The molecule has 0 unspecified atom stereocenters. The molecule has 0 aliphatic carbocycles. The van der Waals surface area contributed by atoms with Gasteiger partial charge in [0.1, 0.15) is 23.1 Å². The molecule has 0 bridgehead atoms. The fourth-order valence-corrected chi connectivity index (χ4v) is 3.03. The lowest BCUT2D eigenvalue weighted by atomic mass is 10.2. The minimum Gasteiger partial charge on any atom is -0.487 e. The van der Waals surface area contributed by atoms with Gasteiger partial charge in [-0.25, -0.2) is 17.9 Å². The lowest BCUT2D eigenvalue weighted by Gasteiger charge is -2.11. The van der Waals surface area contributed by atoms with E-state index in [1.807, 2.05) is 0 Å². The fourth-order valence-electron chi connectivity index (χ4n) is 1.61. The van der Waals surface area contributed by atoms with Crippen molar-refractivity contribution >= 4 is 37.6 Å². The highest BCUT2D eigenvalue weighted by Crippen LogP contribution is 2.27. The lowest BCUT2D eigenvalue weighted by Crippen LogP contribution is -2.14. The average Bonchev–Trinajstić information content (AvgIpc) is 2.40. The van der Waals surface area contributed by atoms with Gasteiger partial charge in [0.25, 0.3) is 0 Å². The maximum atomic E-state index is 13.1. The fraction of sp³-hybridized carbons (Fsp3) is 0.0769. The number of rotatable bonds is 4. The summed E-state index contributed by atoms with van der Waals surface area (Å²) in [6, 6.07) is 8.57. The predicted molar refractivity (Wildman–Crippen MR) is 81.3 cm³/mol. The van der Waals surface area contributed by atoms with E-state index in [1.165, 1.54) is 30.3 Å². The topological polar surface area (TPSA) is 69.4 Å². The molecular formula is C13H10BrClFNO3S. The number of halogens is 3. The second-order valence-corrected chi connectivity index (χ2v) is 7.03. The molecule has 8 heteroatoms. The molecule has 0 saturated carbocycles. The molecule has 2 aromatic rings.